The van der Waals surface area contributed by atoms with Gasteiger partial charge >= 0.3 is 0 Å². The summed E-state index contributed by atoms with van der Waals surface area (Å²) in [6, 6.07) is 12.3. The number of nitro groups is 1. The standard InChI is InChI=1S/C19H19ClN2O5/c20-16-10-9-14(22(26)27)11-15(16)17(12-19(24)25)21-18(23)8-4-7-13-5-2-1-3-6-13/h1-3,5-6,9-11,17H,4,7-8,12H2,(H,21,23)(H,24,25)/p-1/t17-/m0/s1. The van der Waals surface area contributed by atoms with Crippen molar-refractivity contribution >= 4 is 29.2 Å². The molecule has 27 heavy (non-hydrogen) atoms. The number of hydrogen-bond acceptors (Lipinski definition) is 5. The number of amides is 1. The molecule has 0 saturated carbocycles. The lowest BCUT2D eigenvalue weighted by molar-refractivity contribution is -0.385. The number of benzene rings is 2. The number of nitrogens with zero attached hydrogens (tertiary/aromatic N) is 1. The van der Waals surface area contributed by atoms with E-state index in [-0.39, 0.29) is 28.6 Å². The van der Waals surface area contributed by atoms with Crippen LogP contribution >= 0.6 is 11.6 Å². The van der Waals surface area contributed by atoms with Gasteiger partial charge in [-0.05, 0) is 24.5 Å². The molecule has 0 spiro atoms. The van der Waals surface area contributed by atoms with Gasteiger partial charge in [0.2, 0.25) is 5.91 Å². The number of nitrogens with one attached hydrogen (secondary N) is 1. The van der Waals surface area contributed by atoms with Crippen molar-refractivity contribution < 1.29 is 19.6 Å². The predicted octanol–water partition coefficient (Wildman–Crippen LogP) is 2.57. The largest absolute Gasteiger partial charge is 0.550 e. The normalized spacial score (nSPS) is 11.6. The number of rotatable bonds is 9. The summed E-state index contributed by atoms with van der Waals surface area (Å²) in [7, 11) is 0. The lowest BCUT2D eigenvalue weighted by atomic mass is 10.0. The smallest absolute Gasteiger partial charge is 0.269 e. The van der Waals surface area contributed by atoms with Crippen LogP contribution in [0.3, 0.4) is 0 Å². The van der Waals surface area contributed by atoms with Gasteiger partial charge in [0.15, 0.2) is 0 Å². The van der Waals surface area contributed by atoms with Crippen molar-refractivity contribution in [2.75, 3.05) is 0 Å². The average Bonchev–Trinajstić information content (AvgIpc) is 2.62. The van der Waals surface area contributed by atoms with Crippen molar-refractivity contribution in [2.45, 2.75) is 31.7 Å². The Balaban J connectivity index is 2.05. The number of carbonyl (C=O) groups is 2. The molecule has 7 nitrogen and oxygen atoms in total. The van der Waals surface area contributed by atoms with Gasteiger partial charge in [-0.3, -0.25) is 14.9 Å². The van der Waals surface area contributed by atoms with Gasteiger partial charge in [0.25, 0.3) is 5.69 Å². The first-order valence-electron chi connectivity index (χ1n) is 8.34. The number of halogens is 1. The number of nitro benzene ring substituents is 1. The molecule has 0 saturated heterocycles. The molecule has 0 aliphatic heterocycles. The van der Waals surface area contributed by atoms with Crippen LogP contribution in [0.25, 0.3) is 0 Å². The van der Waals surface area contributed by atoms with Crippen LogP contribution in [-0.2, 0) is 16.0 Å². The lowest BCUT2D eigenvalue weighted by Gasteiger charge is -2.21. The Labute approximate surface area is 161 Å². The topological polar surface area (TPSA) is 112 Å². The molecule has 0 radical (unpaired) electrons. The fourth-order valence-corrected chi connectivity index (χ4v) is 2.93. The highest BCUT2D eigenvalue weighted by atomic mass is 35.5. The monoisotopic (exact) mass is 389 g/mol. The zero-order valence-corrected chi connectivity index (χ0v) is 15.1. The molecule has 0 aliphatic carbocycles. The molecule has 0 heterocycles. The first-order chi connectivity index (χ1) is 12.9. The number of hydrogen-bond donors (Lipinski definition) is 1. The van der Waals surface area contributed by atoms with Gasteiger partial charge in [0.05, 0.1) is 11.0 Å². The SMILES string of the molecule is O=C([O-])C[C@H](NC(=O)CCCc1ccccc1)c1cc([N+](=O)[O-])ccc1Cl. The van der Waals surface area contributed by atoms with Gasteiger partial charge in [-0.15, -0.1) is 0 Å². The van der Waals surface area contributed by atoms with Crippen LogP contribution in [0.2, 0.25) is 5.02 Å². The third kappa shape index (κ3) is 6.38. The van der Waals surface area contributed by atoms with Crippen LogP contribution < -0.4 is 10.4 Å². The quantitative estimate of drug-likeness (QED) is 0.523. The highest BCUT2D eigenvalue weighted by Gasteiger charge is 2.20. The van der Waals surface area contributed by atoms with Crippen molar-refractivity contribution in [2.24, 2.45) is 0 Å². The van der Waals surface area contributed by atoms with Crippen molar-refractivity contribution in [3.8, 4) is 0 Å². The zero-order chi connectivity index (χ0) is 19.8. The maximum Gasteiger partial charge on any atom is 0.269 e. The van der Waals surface area contributed by atoms with Gasteiger partial charge < -0.3 is 15.2 Å². The molecule has 2 aromatic rings. The molecular formula is C19H18ClN2O5-. The molecule has 1 atom stereocenters. The van der Waals surface area contributed by atoms with Gasteiger partial charge in [-0.1, -0.05) is 41.9 Å². The fraction of sp³-hybridized carbons (Fsp3) is 0.263. The summed E-state index contributed by atoms with van der Waals surface area (Å²) in [6.07, 6.45) is 0.934. The Hall–Kier alpha value is -2.93. The molecule has 0 aromatic heterocycles. The number of carboxylic acid groups (broad SMARTS) is 1. The number of carbonyl (C=O) groups excluding carboxylic acids is 2. The summed E-state index contributed by atoms with van der Waals surface area (Å²) < 4.78 is 0. The summed E-state index contributed by atoms with van der Waals surface area (Å²) >= 11 is 6.06. The first-order valence-corrected chi connectivity index (χ1v) is 8.71. The number of aliphatic carboxylic acids is 1. The van der Waals surface area contributed by atoms with E-state index in [4.69, 9.17) is 11.6 Å². The van der Waals surface area contributed by atoms with Gasteiger partial charge in [-0.25, -0.2) is 0 Å². The highest BCUT2D eigenvalue weighted by Crippen LogP contribution is 2.29. The molecule has 2 rings (SSSR count). The van der Waals surface area contributed by atoms with E-state index in [1.807, 2.05) is 30.3 Å². The molecule has 0 aliphatic rings. The molecule has 8 heteroatoms. The van der Waals surface area contributed by atoms with E-state index in [0.29, 0.717) is 12.8 Å². The third-order valence-corrected chi connectivity index (χ3v) is 4.33. The van der Waals surface area contributed by atoms with Gasteiger partial charge in [-0.2, -0.15) is 0 Å². The minimum Gasteiger partial charge on any atom is -0.550 e. The van der Waals surface area contributed by atoms with Crippen LogP contribution in [0.5, 0.6) is 0 Å². The summed E-state index contributed by atoms with van der Waals surface area (Å²) in [6.45, 7) is 0. The Kier molecular flexibility index (Phi) is 7.31. The second-order valence-corrected chi connectivity index (χ2v) is 6.41. The van der Waals surface area contributed by atoms with E-state index < -0.39 is 23.4 Å². The second-order valence-electron chi connectivity index (χ2n) is 6.00. The molecule has 0 unspecified atom stereocenters. The Bertz CT molecular complexity index is 826. The number of carboxylic acids is 1. The maximum atomic E-state index is 12.2. The van der Waals surface area contributed by atoms with Crippen molar-refractivity contribution in [1.82, 2.24) is 5.32 Å². The molecule has 1 N–H and O–H groups in total. The zero-order valence-electron chi connectivity index (χ0n) is 14.4. The minimum absolute atomic E-state index is 0.136. The van der Waals surface area contributed by atoms with Crippen molar-refractivity contribution in [3.63, 3.8) is 0 Å². The number of aryl methyl sites for hydroxylation is 1. The summed E-state index contributed by atoms with van der Waals surface area (Å²) in [5.74, 6) is -1.76. The first kappa shape index (κ1) is 20.4. The molecular weight excluding hydrogens is 372 g/mol. The van der Waals surface area contributed by atoms with E-state index in [2.05, 4.69) is 5.32 Å². The van der Waals surface area contributed by atoms with E-state index in [9.17, 15) is 24.8 Å². The van der Waals surface area contributed by atoms with Gasteiger partial charge in [0, 0.05) is 41.5 Å². The summed E-state index contributed by atoms with van der Waals surface area (Å²) in [5, 5.41) is 24.7. The predicted molar refractivity (Wildman–Crippen MR) is 98.0 cm³/mol. The van der Waals surface area contributed by atoms with Crippen LogP contribution in [0.15, 0.2) is 48.5 Å². The molecule has 0 fully saturated rings. The fourth-order valence-electron chi connectivity index (χ4n) is 2.68. The van der Waals surface area contributed by atoms with Crippen LogP contribution in [0, 0.1) is 10.1 Å². The lowest BCUT2D eigenvalue weighted by Crippen LogP contribution is -2.34. The average molecular weight is 390 g/mol. The molecule has 0 bridgehead atoms. The third-order valence-electron chi connectivity index (χ3n) is 3.98. The van der Waals surface area contributed by atoms with Crippen LogP contribution in [0.4, 0.5) is 5.69 Å². The van der Waals surface area contributed by atoms with E-state index >= 15 is 0 Å². The van der Waals surface area contributed by atoms with Crippen molar-refractivity contribution in [1.29, 1.82) is 0 Å². The Morgan fingerprint density at radius 1 is 1.15 bits per heavy atom. The Morgan fingerprint density at radius 3 is 2.48 bits per heavy atom. The maximum absolute atomic E-state index is 12.2. The Morgan fingerprint density at radius 2 is 1.85 bits per heavy atom. The van der Waals surface area contributed by atoms with E-state index in [1.54, 1.807) is 0 Å². The number of non-ortho nitro benzene ring substituents is 1. The van der Waals surface area contributed by atoms with E-state index in [1.165, 1.54) is 18.2 Å². The summed E-state index contributed by atoms with van der Waals surface area (Å²) in [5.41, 5.74) is 1.03. The molecule has 1 amide bonds. The summed E-state index contributed by atoms with van der Waals surface area (Å²) in [4.78, 5) is 33.6. The van der Waals surface area contributed by atoms with Crippen LogP contribution in [-0.4, -0.2) is 16.8 Å². The van der Waals surface area contributed by atoms with E-state index in [0.717, 1.165) is 5.56 Å². The molecule has 142 valence electrons. The highest BCUT2D eigenvalue weighted by molar-refractivity contribution is 6.31. The second kappa shape index (κ2) is 9.68. The van der Waals surface area contributed by atoms with Crippen LogP contribution in [0.1, 0.15) is 36.4 Å². The molecule has 2 aromatic carbocycles. The van der Waals surface area contributed by atoms with Gasteiger partial charge in [0.1, 0.15) is 0 Å². The van der Waals surface area contributed by atoms with Crippen molar-refractivity contribution in [3.05, 3.63) is 74.8 Å². The minimum atomic E-state index is -1.40.